The molecule has 9 heteroatoms. The standard InChI is InChI=1S/C18H13Cl2F3N2O2/c1-8-5-10(18(21,22)23)6-12-9(2)25(24-16(8)12)7-13-14(19)4-3-11(15(13)20)17(26)27/h3-6H,7H2,1-2H3,(H,26,27). The molecule has 0 radical (unpaired) electrons. The van der Waals surface area contributed by atoms with Gasteiger partial charge in [0.2, 0.25) is 0 Å². The number of nitrogens with zero attached hydrogens (tertiary/aromatic N) is 2. The molecule has 3 rings (SSSR count). The zero-order valence-electron chi connectivity index (χ0n) is 14.2. The van der Waals surface area contributed by atoms with Gasteiger partial charge in [0.15, 0.2) is 0 Å². The summed E-state index contributed by atoms with van der Waals surface area (Å²) in [5.41, 5.74) is 0.787. The lowest BCUT2D eigenvalue weighted by atomic mass is 10.1. The first kappa shape index (κ1) is 19.5. The highest BCUT2D eigenvalue weighted by Gasteiger charge is 2.31. The van der Waals surface area contributed by atoms with Gasteiger partial charge in [-0.1, -0.05) is 23.2 Å². The van der Waals surface area contributed by atoms with Crippen LogP contribution in [0.1, 0.15) is 32.7 Å². The van der Waals surface area contributed by atoms with Crippen molar-refractivity contribution in [3.63, 3.8) is 0 Å². The van der Waals surface area contributed by atoms with Gasteiger partial charge in [-0.05, 0) is 43.7 Å². The molecule has 0 atom stereocenters. The number of rotatable bonds is 3. The van der Waals surface area contributed by atoms with Gasteiger partial charge in [0.25, 0.3) is 0 Å². The van der Waals surface area contributed by atoms with E-state index in [4.69, 9.17) is 23.2 Å². The average molecular weight is 417 g/mol. The van der Waals surface area contributed by atoms with Crippen LogP contribution in [0, 0.1) is 13.8 Å². The van der Waals surface area contributed by atoms with E-state index in [1.54, 1.807) is 13.8 Å². The fourth-order valence-corrected chi connectivity index (χ4v) is 3.47. The summed E-state index contributed by atoms with van der Waals surface area (Å²) in [6.45, 7) is 3.22. The summed E-state index contributed by atoms with van der Waals surface area (Å²) >= 11 is 12.3. The number of fused-ring (bicyclic) bond motifs is 1. The number of aryl methyl sites for hydroxylation is 2. The Kier molecular flexibility index (Phi) is 4.86. The molecule has 1 heterocycles. The predicted octanol–water partition coefficient (Wildman–Crippen LogP) is 5.73. The van der Waals surface area contributed by atoms with Crippen molar-refractivity contribution in [1.29, 1.82) is 0 Å². The minimum absolute atomic E-state index is 0.0262. The number of hydrogen-bond donors (Lipinski definition) is 1. The van der Waals surface area contributed by atoms with Crippen molar-refractivity contribution < 1.29 is 23.1 Å². The molecule has 0 saturated carbocycles. The van der Waals surface area contributed by atoms with E-state index in [-0.39, 0.29) is 22.2 Å². The van der Waals surface area contributed by atoms with Gasteiger partial charge in [0, 0.05) is 21.7 Å². The Morgan fingerprint density at radius 1 is 1.22 bits per heavy atom. The van der Waals surface area contributed by atoms with Crippen LogP contribution >= 0.6 is 23.2 Å². The minimum Gasteiger partial charge on any atom is -0.478 e. The molecular weight excluding hydrogens is 404 g/mol. The van der Waals surface area contributed by atoms with E-state index >= 15 is 0 Å². The third-order valence-electron chi connectivity index (χ3n) is 4.35. The molecule has 0 fully saturated rings. The summed E-state index contributed by atoms with van der Waals surface area (Å²) in [6, 6.07) is 4.81. The Bertz CT molecular complexity index is 1070. The molecule has 3 aromatic rings. The topological polar surface area (TPSA) is 55.1 Å². The van der Waals surface area contributed by atoms with Crippen molar-refractivity contribution in [2.75, 3.05) is 0 Å². The van der Waals surface area contributed by atoms with E-state index in [1.165, 1.54) is 16.8 Å². The summed E-state index contributed by atoms with van der Waals surface area (Å²) in [6.07, 6.45) is -4.46. The van der Waals surface area contributed by atoms with Gasteiger partial charge in [0.1, 0.15) is 0 Å². The molecule has 4 nitrogen and oxygen atoms in total. The molecular formula is C18H13Cl2F3N2O2. The van der Waals surface area contributed by atoms with Crippen molar-refractivity contribution in [2.45, 2.75) is 26.6 Å². The second kappa shape index (κ2) is 6.73. The first-order chi connectivity index (χ1) is 12.5. The molecule has 0 unspecified atom stereocenters. The lowest BCUT2D eigenvalue weighted by Crippen LogP contribution is -2.07. The summed E-state index contributed by atoms with van der Waals surface area (Å²) < 4.78 is 40.7. The molecule has 0 bridgehead atoms. The third kappa shape index (κ3) is 3.49. The summed E-state index contributed by atoms with van der Waals surface area (Å²) in [5, 5.41) is 14.2. The Balaban J connectivity index is 2.15. The number of halogens is 5. The smallest absolute Gasteiger partial charge is 0.416 e. The maximum atomic E-state index is 13.1. The average Bonchev–Trinajstić information content (AvgIpc) is 2.87. The molecule has 1 aromatic heterocycles. The molecule has 0 aliphatic heterocycles. The van der Waals surface area contributed by atoms with Gasteiger partial charge in [-0.2, -0.15) is 18.3 Å². The number of carboxylic acids is 1. The van der Waals surface area contributed by atoms with Crippen LogP contribution < -0.4 is 0 Å². The van der Waals surface area contributed by atoms with Gasteiger partial charge in [0.05, 0.1) is 28.2 Å². The van der Waals surface area contributed by atoms with Gasteiger partial charge in [-0.3, -0.25) is 4.68 Å². The maximum absolute atomic E-state index is 13.1. The van der Waals surface area contributed by atoms with Gasteiger partial charge in [-0.25, -0.2) is 4.79 Å². The van der Waals surface area contributed by atoms with Crippen LogP contribution in [0.15, 0.2) is 24.3 Å². The normalized spacial score (nSPS) is 12.0. The summed E-state index contributed by atoms with van der Waals surface area (Å²) in [5.74, 6) is -1.20. The Morgan fingerprint density at radius 3 is 2.48 bits per heavy atom. The van der Waals surface area contributed by atoms with Crippen LogP contribution in [-0.4, -0.2) is 20.9 Å². The molecule has 142 valence electrons. The second-order valence-electron chi connectivity index (χ2n) is 6.12. The number of aromatic nitrogens is 2. The maximum Gasteiger partial charge on any atom is 0.416 e. The zero-order valence-corrected chi connectivity index (χ0v) is 15.7. The second-order valence-corrected chi connectivity index (χ2v) is 6.91. The summed E-state index contributed by atoms with van der Waals surface area (Å²) in [4.78, 5) is 11.3. The number of hydrogen-bond acceptors (Lipinski definition) is 2. The quantitative estimate of drug-likeness (QED) is 0.593. The number of carboxylic acid groups (broad SMARTS) is 1. The first-order valence-electron chi connectivity index (χ1n) is 7.76. The largest absolute Gasteiger partial charge is 0.478 e. The number of carbonyl (C=O) groups is 1. The number of alkyl halides is 3. The van der Waals surface area contributed by atoms with Crippen molar-refractivity contribution in [2.24, 2.45) is 0 Å². The monoisotopic (exact) mass is 416 g/mol. The minimum atomic E-state index is -4.46. The van der Waals surface area contributed by atoms with Crippen LogP contribution in [0.4, 0.5) is 13.2 Å². The third-order valence-corrected chi connectivity index (χ3v) is 5.14. The van der Waals surface area contributed by atoms with Crippen molar-refractivity contribution in [1.82, 2.24) is 9.78 Å². The van der Waals surface area contributed by atoms with E-state index in [1.807, 2.05) is 0 Å². The Labute approximate surface area is 162 Å². The van der Waals surface area contributed by atoms with Crippen LogP contribution in [-0.2, 0) is 12.7 Å². The van der Waals surface area contributed by atoms with Crippen LogP contribution in [0.3, 0.4) is 0 Å². The van der Waals surface area contributed by atoms with E-state index < -0.39 is 17.7 Å². The highest BCUT2D eigenvalue weighted by molar-refractivity contribution is 6.37. The predicted molar refractivity (Wildman–Crippen MR) is 96.7 cm³/mol. The van der Waals surface area contributed by atoms with E-state index in [2.05, 4.69) is 5.10 Å². The van der Waals surface area contributed by atoms with Crippen LogP contribution in [0.5, 0.6) is 0 Å². The highest BCUT2D eigenvalue weighted by Crippen LogP contribution is 2.35. The van der Waals surface area contributed by atoms with Crippen molar-refractivity contribution in [3.05, 3.63) is 62.3 Å². The highest BCUT2D eigenvalue weighted by atomic mass is 35.5. The molecule has 1 N–H and O–H groups in total. The van der Waals surface area contributed by atoms with Gasteiger partial charge in [-0.15, -0.1) is 0 Å². The van der Waals surface area contributed by atoms with Crippen molar-refractivity contribution >= 4 is 40.1 Å². The van der Waals surface area contributed by atoms with E-state index in [9.17, 15) is 23.1 Å². The first-order valence-corrected chi connectivity index (χ1v) is 8.51. The molecule has 0 aliphatic carbocycles. The molecule has 0 spiro atoms. The number of benzene rings is 2. The molecule has 0 aliphatic rings. The van der Waals surface area contributed by atoms with Crippen LogP contribution in [0.25, 0.3) is 10.9 Å². The lowest BCUT2D eigenvalue weighted by molar-refractivity contribution is -0.137. The summed E-state index contributed by atoms with van der Waals surface area (Å²) in [7, 11) is 0. The molecule has 27 heavy (non-hydrogen) atoms. The van der Waals surface area contributed by atoms with Crippen LogP contribution in [0.2, 0.25) is 10.0 Å². The van der Waals surface area contributed by atoms with Gasteiger partial charge < -0.3 is 5.11 Å². The SMILES string of the molecule is Cc1cc(C(F)(F)F)cc2c(C)n(Cc3c(Cl)ccc(C(=O)O)c3Cl)nc12. The Hall–Kier alpha value is -2.25. The van der Waals surface area contributed by atoms with E-state index in [0.717, 1.165) is 12.1 Å². The zero-order chi connectivity index (χ0) is 20.1. The fraction of sp³-hybridized carbons (Fsp3) is 0.222. The molecule has 0 saturated heterocycles. The lowest BCUT2D eigenvalue weighted by Gasteiger charge is -2.11. The molecule has 0 amide bonds. The van der Waals surface area contributed by atoms with Gasteiger partial charge >= 0.3 is 12.1 Å². The number of aromatic carboxylic acids is 1. The van der Waals surface area contributed by atoms with Crippen molar-refractivity contribution in [3.8, 4) is 0 Å². The Morgan fingerprint density at radius 2 is 1.89 bits per heavy atom. The molecule has 2 aromatic carbocycles. The van der Waals surface area contributed by atoms with E-state index in [0.29, 0.717) is 27.7 Å². The fourth-order valence-electron chi connectivity index (χ4n) is 2.90.